The van der Waals surface area contributed by atoms with Crippen LogP contribution in [0.3, 0.4) is 0 Å². The SMILES string of the molecule is Cc1cccc(-c2ccc(-c3ccccc3-c3cc(-c4ccccc4-c4ccc(-c5cccc(C)c5)nc4)cc(-c4ccccc4-c4cnc(-c5cccc(N(c6ccccc6)c6cccc(-c7ccccc7)n6)c5)nc4)c3)cn2)c1. The number of hydrogen-bond donors (Lipinski definition) is 0. The first-order valence-corrected chi connectivity index (χ1v) is 27.3. The summed E-state index contributed by atoms with van der Waals surface area (Å²) in [6.07, 6.45) is 7.90. The van der Waals surface area contributed by atoms with E-state index in [1.807, 2.05) is 49.1 Å². The zero-order valence-corrected chi connectivity index (χ0v) is 44.9. The zero-order chi connectivity index (χ0) is 54.5. The van der Waals surface area contributed by atoms with Gasteiger partial charge in [0.05, 0.1) is 17.1 Å². The van der Waals surface area contributed by atoms with Crippen molar-refractivity contribution in [3.8, 4) is 112 Å². The minimum Gasteiger partial charge on any atom is -0.295 e. The minimum atomic E-state index is 0.623. The largest absolute Gasteiger partial charge is 0.295 e. The molecule has 0 N–H and O–H groups in total. The van der Waals surface area contributed by atoms with E-state index in [2.05, 4.69) is 261 Å². The Morgan fingerprint density at radius 3 is 1.15 bits per heavy atom. The lowest BCUT2D eigenvalue weighted by atomic mass is 9.86. The van der Waals surface area contributed by atoms with Crippen LogP contribution in [0.4, 0.5) is 17.2 Å². The van der Waals surface area contributed by atoms with Crippen molar-refractivity contribution in [3.63, 3.8) is 0 Å². The second kappa shape index (κ2) is 22.3. The fraction of sp³-hybridized carbons (Fsp3) is 0.0267. The number of hydrogen-bond acceptors (Lipinski definition) is 6. The monoisotopic (exact) mass is 1040 g/mol. The van der Waals surface area contributed by atoms with Crippen LogP contribution < -0.4 is 4.90 Å². The Labute approximate surface area is 473 Å². The van der Waals surface area contributed by atoms with Gasteiger partial charge in [-0.05, 0) is 143 Å². The Morgan fingerprint density at radius 1 is 0.247 bits per heavy atom. The summed E-state index contributed by atoms with van der Waals surface area (Å²) in [5.74, 6) is 1.43. The van der Waals surface area contributed by atoms with Crippen molar-refractivity contribution >= 4 is 17.2 Å². The molecule has 0 spiro atoms. The molecule has 0 aliphatic carbocycles. The molecular weight excluding hydrogens is 985 g/mol. The van der Waals surface area contributed by atoms with Gasteiger partial charge in [0.2, 0.25) is 0 Å². The maximum Gasteiger partial charge on any atom is 0.159 e. The molecular formula is C75H54N6. The van der Waals surface area contributed by atoms with Gasteiger partial charge >= 0.3 is 0 Å². The predicted octanol–water partition coefficient (Wildman–Crippen LogP) is 19.4. The van der Waals surface area contributed by atoms with E-state index in [9.17, 15) is 0 Å². The smallest absolute Gasteiger partial charge is 0.159 e. The first kappa shape index (κ1) is 49.9. The van der Waals surface area contributed by atoms with E-state index in [1.165, 1.54) is 11.1 Å². The van der Waals surface area contributed by atoms with Gasteiger partial charge in [-0.3, -0.25) is 14.9 Å². The molecule has 0 aliphatic heterocycles. The highest BCUT2D eigenvalue weighted by atomic mass is 15.2. The van der Waals surface area contributed by atoms with E-state index in [1.54, 1.807) is 0 Å². The Hall–Kier alpha value is -10.7. The average molecular weight is 1040 g/mol. The van der Waals surface area contributed by atoms with Gasteiger partial charge in [-0.15, -0.1) is 0 Å². The second-order valence-corrected chi connectivity index (χ2v) is 20.3. The Kier molecular flexibility index (Phi) is 13.8. The number of anilines is 3. The van der Waals surface area contributed by atoms with Gasteiger partial charge < -0.3 is 0 Å². The average Bonchev–Trinajstić information content (AvgIpc) is 3.54. The van der Waals surface area contributed by atoms with Gasteiger partial charge in [0.15, 0.2) is 5.82 Å². The third kappa shape index (κ3) is 10.6. The van der Waals surface area contributed by atoms with Crippen molar-refractivity contribution in [1.29, 1.82) is 0 Å². The topological polar surface area (TPSA) is 67.7 Å². The minimum absolute atomic E-state index is 0.623. The van der Waals surface area contributed by atoms with Crippen LogP contribution in [0, 0.1) is 13.8 Å². The number of benzene rings is 9. The molecule has 0 bridgehead atoms. The number of para-hydroxylation sites is 1. The molecule has 4 heterocycles. The molecule has 0 saturated heterocycles. The summed E-state index contributed by atoms with van der Waals surface area (Å²) >= 11 is 0. The zero-order valence-electron chi connectivity index (χ0n) is 44.9. The fourth-order valence-corrected chi connectivity index (χ4v) is 10.8. The molecule has 0 unspecified atom stereocenters. The van der Waals surface area contributed by atoms with Gasteiger partial charge in [0, 0.05) is 75.1 Å². The molecule has 9 aromatic carbocycles. The summed E-state index contributed by atoms with van der Waals surface area (Å²) in [6, 6.07) is 93.6. The lowest BCUT2D eigenvalue weighted by molar-refractivity contribution is 1.16. The molecule has 0 atom stereocenters. The second-order valence-electron chi connectivity index (χ2n) is 20.3. The van der Waals surface area contributed by atoms with Crippen molar-refractivity contribution in [1.82, 2.24) is 24.9 Å². The van der Waals surface area contributed by atoms with Crippen LogP contribution in [0.1, 0.15) is 11.1 Å². The molecule has 0 radical (unpaired) electrons. The number of nitrogens with zero attached hydrogens (tertiary/aromatic N) is 6. The predicted molar refractivity (Wildman–Crippen MR) is 334 cm³/mol. The molecule has 0 saturated carbocycles. The van der Waals surface area contributed by atoms with Crippen molar-refractivity contribution in [2.45, 2.75) is 13.8 Å². The van der Waals surface area contributed by atoms with Crippen molar-refractivity contribution in [3.05, 3.63) is 303 Å². The van der Waals surface area contributed by atoms with Crippen LogP contribution in [-0.2, 0) is 0 Å². The molecule has 384 valence electrons. The van der Waals surface area contributed by atoms with Gasteiger partial charge in [-0.2, -0.15) is 0 Å². The summed E-state index contributed by atoms with van der Waals surface area (Å²) in [4.78, 5) is 27.5. The molecule has 4 aromatic heterocycles. The Balaban J connectivity index is 0.891. The highest BCUT2D eigenvalue weighted by Gasteiger charge is 2.19. The first-order chi connectivity index (χ1) is 40.0. The molecule has 6 heteroatoms. The molecule has 0 fully saturated rings. The summed E-state index contributed by atoms with van der Waals surface area (Å²) in [7, 11) is 0. The quantitative estimate of drug-likeness (QED) is 0.115. The molecule has 0 amide bonds. The van der Waals surface area contributed by atoms with E-state index < -0.39 is 0 Å². The third-order valence-corrected chi connectivity index (χ3v) is 14.8. The first-order valence-electron chi connectivity index (χ1n) is 27.3. The van der Waals surface area contributed by atoms with Crippen LogP contribution in [0.2, 0.25) is 0 Å². The maximum atomic E-state index is 5.18. The molecule has 6 nitrogen and oxygen atoms in total. The number of aromatic nitrogens is 5. The van der Waals surface area contributed by atoms with E-state index in [-0.39, 0.29) is 0 Å². The number of pyridine rings is 3. The standard InChI is InChI=1S/C75H54N6/c1-51-19-15-23-54(41-51)71-39-37-57(47-76-71)65-29-9-11-31-67(65)59-43-60(68-32-12-10-30-66(68)58-38-40-72(77-48-58)55-24-16-20-52(2)42-55)45-61(44-59)69-33-13-14-34-70(69)62-49-78-75(79-50-62)56-25-17-28-64(46-56)81(63-26-7-4-8-27-63)74-36-18-35-73(80-74)53-21-5-3-6-22-53/h3-50H,1-2H3. The molecule has 81 heavy (non-hydrogen) atoms. The summed E-state index contributed by atoms with van der Waals surface area (Å²) in [5.41, 5.74) is 24.0. The van der Waals surface area contributed by atoms with Crippen molar-refractivity contribution in [2.75, 3.05) is 4.90 Å². The third-order valence-electron chi connectivity index (χ3n) is 14.8. The normalized spacial score (nSPS) is 11.1. The van der Waals surface area contributed by atoms with Crippen LogP contribution in [0.5, 0.6) is 0 Å². The highest BCUT2D eigenvalue weighted by Crippen LogP contribution is 2.43. The highest BCUT2D eigenvalue weighted by molar-refractivity contribution is 5.94. The Bertz CT molecular complexity index is 4200. The van der Waals surface area contributed by atoms with Crippen LogP contribution in [0.15, 0.2) is 292 Å². The van der Waals surface area contributed by atoms with Crippen LogP contribution in [-0.4, -0.2) is 24.9 Å². The van der Waals surface area contributed by atoms with E-state index in [4.69, 9.17) is 24.9 Å². The van der Waals surface area contributed by atoms with Gasteiger partial charge in [-0.25, -0.2) is 15.0 Å². The molecule has 13 rings (SSSR count). The lowest BCUT2D eigenvalue weighted by Crippen LogP contribution is -2.12. The van der Waals surface area contributed by atoms with Gasteiger partial charge in [-0.1, -0.05) is 199 Å². The fourth-order valence-electron chi connectivity index (χ4n) is 10.8. The lowest BCUT2D eigenvalue weighted by Gasteiger charge is -2.25. The van der Waals surface area contributed by atoms with Crippen molar-refractivity contribution < 1.29 is 0 Å². The summed E-state index contributed by atoms with van der Waals surface area (Å²) in [6.45, 7) is 4.23. The van der Waals surface area contributed by atoms with E-state index in [0.29, 0.717) is 5.82 Å². The van der Waals surface area contributed by atoms with Crippen LogP contribution >= 0.6 is 0 Å². The van der Waals surface area contributed by atoms with E-state index in [0.717, 1.165) is 123 Å². The van der Waals surface area contributed by atoms with E-state index >= 15 is 0 Å². The number of rotatable bonds is 13. The van der Waals surface area contributed by atoms with Crippen molar-refractivity contribution in [2.24, 2.45) is 0 Å². The Morgan fingerprint density at radius 2 is 0.654 bits per heavy atom. The summed E-state index contributed by atoms with van der Waals surface area (Å²) < 4.78 is 0. The van der Waals surface area contributed by atoms with Gasteiger partial charge in [0.1, 0.15) is 5.82 Å². The van der Waals surface area contributed by atoms with Crippen LogP contribution in [0.25, 0.3) is 112 Å². The summed E-state index contributed by atoms with van der Waals surface area (Å²) in [5, 5.41) is 0. The number of aryl methyl sites for hydroxylation is 2. The van der Waals surface area contributed by atoms with Gasteiger partial charge in [0.25, 0.3) is 0 Å². The maximum absolute atomic E-state index is 5.18. The molecule has 13 aromatic rings. The molecule has 0 aliphatic rings.